The zero-order valence-corrected chi connectivity index (χ0v) is 5.29. The maximum absolute atomic E-state index is 5.04. The van der Waals surface area contributed by atoms with Crippen molar-refractivity contribution in [2.75, 3.05) is 0 Å². The Morgan fingerprint density at radius 3 is 2.89 bits per heavy atom. The molecule has 3 heteroatoms. The summed E-state index contributed by atoms with van der Waals surface area (Å²) < 4.78 is 5.04. The summed E-state index contributed by atoms with van der Waals surface area (Å²) >= 11 is 0. The van der Waals surface area contributed by atoms with Crippen LogP contribution >= 0.6 is 0 Å². The maximum Gasteiger partial charge on any atom is 0.222 e. The van der Waals surface area contributed by atoms with Gasteiger partial charge in [-0.3, -0.25) is 0 Å². The van der Waals surface area contributed by atoms with Crippen LogP contribution in [0.4, 0.5) is 0 Å². The first-order chi connectivity index (χ1) is 4.31. The minimum absolute atomic E-state index is 0.233. The van der Waals surface area contributed by atoms with Crippen LogP contribution in [0.15, 0.2) is 10.8 Å². The molecular weight excluding hydrogens is 116 g/mol. The van der Waals surface area contributed by atoms with Crippen molar-refractivity contribution in [1.29, 1.82) is 0 Å². The van der Waals surface area contributed by atoms with E-state index in [1.165, 1.54) is 19.2 Å². The molecule has 0 aliphatic heterocycles. The van der Waals surface area contributed by atoms with Crippen molar-refractivity contribution in [2.24, 2.45) is 0 Å². The van der Waals surface area contributed by atoms with Gasteiger partial charge in [0.2, 0.25) is 12.3 Å². The molecule has 0 atom stereocenters. The third-order valence-corrected chi connectivity index (χ3v) is 1.88. The molecule has 0 bridgehead atoms. The molecule has 0 saturated heterocycles. The van der Waals surface area contributed by atoms with Gasteiger partial charge in [0.1, 0.15) is 0 Å². The lowest BCUT2D eigenvalue weighted by Gasteiger charge is -1.96. The average Bonchev–Trinajstić information content (AvgIpc) is 2.46. The number of hydrogen-bond donors (Lipinski definition) is 0. The zero-order chi connectivity index (χ0) is 6.32. The van der Waals surface area contributed by atoms with Crippen LogP contribution in [0.25, 0.3) is 0 Å². The Morgan fingerprint density at radius 2 is 2.44 bits per heavy atom. The molecule has 0 N–H and O–H groups in total. The van der Waals surface area contributed by atoms with Gasteiger partial charge >= 0.3 is 0 Å². The number of hydrogen-bond acceptors (Lipinski definition) is 3. The Balaban J connectivity index is 2.34. The van der Waals surface area contributed by atoms with Crippen LogP contribution in [0, 0.1) is 0 Å². The van der Waals surface area contributed by atoms with E-state index in [0.29, 0.717) is 0 Å². The van der Waals surface area contributed by atoms with Crippen LogP contribution in [-0.4, -0.2) is 10.2 Å². The first-order valence-corrected chi connectivity index (χ1v) is 3.08. The van der Waals surface area contributed by atoms with Crippen LogP contribution in [0.5, 0.6) is 0 Å². The van der Waals surface area contributed by atoms with Gasteiger partial charge in [0.05, 0.1) is 0 Å². The van der Waals surface area contributed by atoms with Crippen LogP contribution in [0.3, 0.4) is 0 Å². The molecule has 0 aromatic carbocycles. The van der Waals surface area contributed by atoms with Crippen molar-refractivity contribution < 1.29 is 4.42 Å². The van der Waals surface area contributed by atoms with E-state index in [9.17, 15) is 0 Å². The van der Waals surface area contributed by atoms with Crippen molar-refractivity contribution in [3.63, 3.8) is 0 Å². The lowest BCUT2D eigenvalue weighted by molar-refractivity contribution is 0.449. The molecule has 0 unspecified atom stereocenters. The quantitative estimate of drug-likeness (QED) is 0.563. The van der Waals surface area contributed by atoms with Gasteiger partial charge in [-0.15, -0.1) is 10.2 Å². The molecule has 0 radical (unpaired) electrons. The Bertz CT molecular complexity index is 201. The summed E-state index contributed by atoms with van der Waals surface area (Å²) in [6.45, 7) is 2.14. The Hall–Kier alpha value is -0.860. The summed E-state index contributed by atoms with van der Waals surface area (Å²) in [7, 11) is 0. The fourth-order valence-electron chi connectivity index (χ4n) is 0.837. The van der Waals surface area contributed by atoms with Gasteiger partial charge in [-0.1, -0.05) is 6.92 Å². The second-order valence-corrected chi connectivity index (χ2v) is 2.80. The van der Waals surface area contributed by atoms with Gasteiger partial charge < -0.3 is 4.42 Å². The Labute approximate surface area is 53.1 Å². The highest BCUT2D eigenvalue weighted by molar-refractivity contribution is 5.10. The fourth-order valence-corrected chi connectivity index (χ4v) is 0.837. The molecule has 1 aliphatic carbocycles. The van der Waals surface area contributed by atoms with E-state index >= 15 is 0 Å². The minimum atomic E-state index is 0.233. The summed E-state index contributed by atoms with van der Waals surface area (Å²) in [5, 5.41) is 7.45. The predicted octanol–water partition coefficient (Wildman–Crippen LogP) is 1.12. The first kappa shape index (κ1) is 4.97. The largest absolute Gasteiger partial charge is 0.427 e. The van der Waals surface area contributed by atoms with Crippen LogP contribution in [-0.2, 0) is 5.41 Å². The maximum atomic E-state index is 5.04. The normalized spacial score (nSPS) is 21.9. The lowest BCUT2D eigenvalue weighted by Crippen LogP contribution is -1.99. The monoisotopic (exact) mass is 124 g/mol. The first-order valence-electron chi connectivity index (χ1n) is 3.08. The number of aromatic nitrogens is 2. The second-order valence-electron chi connectivity index (χ2n) is 2.80. The van der Waals surface area contributed by atoms with Crippen molar-refractivity contribution in [2.45, 2.75) is 25.2 Å². The molecule has 0 spiro atoms. The van der Waals surface area contributed by atoms with E-state index < -0.39 is 0 Å². The number of rotatable bonds is 1. The third-order valence-electron chi connectivity index (χ3n) is 1.88. The summed E-state index contributed by atoms with van der Waals surface area (Å²) in [5.41, 5.74) is 0.233. The lowest BCUT2D eigenvalue weighted by atomic mass is 10.1. The molecule has 1 aromatic rings. The molecule has 1 heterocycles. The predicted molar refractivity (Wildman–Crippen MR) is 30.9 cm³/mol. The van der Waals surface area contributed by atoms with Gasteiger partial charge in [-0.05, 0) is 12.8 Å². The smallest absolute Gasteiger partial charge is 0.222 e. The van der Waals surface area contributed by atoms with Gasteiger partial charge in [-0.2, -0.15) is 0 Å². The molecule has 1 saturated carbocycles. The molecule has 0 amide bonds. The van der Waals surface area contributed by atoms with Crippen molar-refractivity contribution in [3.05, 3.63) is 12.3 Å². The summed E-state index contributed by atoms with van der Waals surface area (Å²) in [6, 6.07) is 0. The van der Waals surface area contributed by atoms with Crippen molar-refractivity contribution >= 4 is 0 Å². The van der Waals surface area contributed by atoms with Crippen molar-refractivity contribution in [1.82, 2.24) is 10.2 Å². The Morgan fingerprint density at radius 1 is 1.67 bits per heavy atom. The summed E-state index contributed by atoms with van der Waals surface area (Å²) in [4.78, 5) is 0. The molecule has 9 heavy (non-hydrogen) atoms. The van der Waals surface area contributed by atoms with Gasteiger partial charge in [0.25, 0.3) is 0 Å². The topological polar surface area (TPSA) is 38.9 Å². The fraction of sp³-hybridized carbons (Fsp3) is 0.667. The molecule has 1 fully saturated rings. The van der Waals surface area contributed by atoms with Crippen LogP contribution < -0.4 is 0 Å². The van der Waals surface area contributed by atoms with E-state index in [4.69, 9.17) is 4.42 Å². The van der Waals surface area contributed by atoms with Crippen LogP contribution in [0.1, 0.15) is 25.7 Å². The third kappa shape index (κ3) is 0.642. The van der Waals surface area contributed by atoms with Gasteiger partial charge in [0, 0.05) is 5.41 Å². The highest BCUT2D eigenvalue weighted by atomic mass is 16.4. The van der Waals surface area contributed by atoms with E-state index in [1.807, 2.05) is 0 Å². The van der Waals surface area contributed by atoms with E-state index in [1.54, 1.807) is 0 Å². The highest BCUT2D eigenvalue weighted by Crippen LogP contribution is 2.46. The standard InChI is InChI=1S/C6H8N2O/c1-6(2-3-6)5-8-7-4-9-5/h4H,2-3H2,1H3. The van der Waals surface area contributed by atoms with Crippen LogP contribution in [0.2, 0.25) is 0 Å². The SMILES string of the molecule is CC1(c2nnco2)CC1. The number of nitrogens with zero attached hydrogens (tertiary/aromatic N) is 2. The Kier molecular flexibility index (Phi) is 0.743. The van der Waals surface area contributed by atoms with E-state index in [-0.39, 0.29) is 5.41 Å². The van der Waals surface area contributed by atoms with E-state index in [0.717, 1.165) is 5.89 Å². The molecular formula is C6H8N2O. The molecule has 2 rings (SSSR count). The zero-order valence-electron chi connectivity index (χ0n) is 5.29. The minimum Gasteiger partial charge on any atom is -0.427 e. The van der Waals surface area contributed by atoms with Gasteiger partial charge in [-0.25, -0.2) is 0 Å². The molecule has 3 nitrogen and oxygen atoms in total. The van der Waals surface area contributed by atoms with Gasteiger partial charge in [0.15, 0.2) is 0 Å². The average molecular weight is 124 g/mol. The highest BCUT2D eigenvalue weighted by Gasteiger charge is 2.43. The second kappa shape index (κ2) is 1.35. The van der Waals surface area contributed by atoms with E-state index in [2.05, 4.69) is 17.1 Å². The summed E-state index contributed by atoms with van der Waals surface area (Å²) in [6.07, 6.45) is 3.77. The van der Waals surface area contributed by atoms with Crippen molar-refractivity contribution in [3.8, 4) is 0 Å². The molecule has 1 aliphatic rings. The summed E-state index contributed by atoms with van der Waals surface area (Å²) in [5.74, 6) is 0.794. The molecule has 1 aromatic heterocycles. The molecule has 48 valence electrons.